The third-order valence-corrected chi connectivity index (χ3v) is 1.75. The lowest BCUT2D eigenvalue weighted by atomic mass is 10.4. The van der Waals surface area contributed by atoms with E-state index in [2.05, 4.69) is 5.32 Å². The minimum Gasteiger partial charge on any atom is -0.461 e. The van der Waals surface area contributed by atoms with Crippen LogP contribution in [0.5, 0.6) is 0 Å². The maximum atomic E-state index is 11.4. The van der Waals surface area contributed by atoms with Gasteiger partial charge in [0, 0.05) is 6.20 Å². The number of ether oxygens (including phenoxy) is 2. The molecule has 6 nitrogen and oxygen atoms in total. The molecule has 1 rings (SSSR count). The summed E-state index contributed by atoms with van der Waals surface area (Å²) in [4.78, 5) is 24.0. The number of carbonyl (C=O) groups is 2. The van der Waals surface area contributed by atoms with Crippen molar-refractivity contribution in [3.8, 4) is 0 Å². The average molecular weight is 214 g/mol. The predicted molar refractivity (Wildman–Crippen MR) is 51.6 cm³/mol. The molecule has 0 spiro atoms. The fourth-order valence-electron chi connectivity index (χ4n) is 1.14. The van der Waals surface area contributed by atoms with Gasteiger partial charge in [0.1, 0.15) is 5.70 Å². The summed E-state index contributed by atoms with van der Waals surface area (Å²) in [5.74, 6) is -0.532. The summed E-state index contributed by atoms with van der Waals surface area (Å²) in [6, 6.07) is 0. The van der Waals surface area contributed by atoms with Crippen LogP contribution < -0.4 is 5.32 Å². The molecular formula is C9H14N2O4. The van der Waals surface area contributed by atoms with Crippen molar-refractivity contribution in [2.45, 2.75) is 13.8 Å². The smallest absolute Gasteiger partial charge is 0.416 e. The third kappa shape index (κ3) is 2.61. The Bertz CT molecular complexity index is 288. The van der Waals surface area contributed by atoms with Gasteiger partial charge in [-0.25, -0.2) is 9.59 Å². The van der Waals surface area contributed by atoms with E-state index in [1.807, 2.05) is 0 Å². The second-order valence-electron chi connectivity index (χ2n) is 2.74. The topological polar surface area (TPSA) is 67.9 Å². The SMILES string of the molecule is CCOC(=O)C1=CNCN1C(=O)OCC. The van der Waals surface area contributed by atoms with Gasteiger partial charge in [0.2, 0.25) is 0 Å². The lowest BCUT2D eigenvalue weighted by Gasteiger charge is -2.16. The molecule has 84 valence electrons. The quantitative estimate of drug-likeness (QED) is 0.689. The molecule has 0 saturated heterocycles. The second kappa shape index (κ2) is 5.23. The van der Waals surface area contributed by atoms with Crippen molar-refractivity contribution in [2.24, 2.45) is 0 Å². The molecular weight excluding hydrogens is 200 g/mol. The van der Waals surface area contributed by atoms with Gasteiger partial charge in [-0.05, 0) is 13.8 Å². The number of nitrogens with zero attached hydrogens (tertiary/aromatic N) is 1. The molecule has 0 aromatic carbocycles. The van der Waals surface area contributed by atoms with Crippen LogP contribution in [-0.2, 0) is 14.3 Å². The molecule has 0 saturated carbocycles. The third-order valence-electron chi connectivity index (χ3n) is 1.75. The molecule has 1 N–H and O–H groups in total. The molecule has 0 radical (unpaired) electrons. The summed E-state index contributed by atoms with van der Waals surface area (Å²) >= 11 is 0. The normalized spacial score (nSPS) is 14.3. The van der Waals surface area contributed by atoms with E-state index in [1.165, 1.54) is 11.1 Å². The highest BCUT2D eigenvalue weighted by Crippen LogP contribution is 2.11. The lowest BCUT2D eigenvalue weighted by Crippen LogP contribution is -2.34. The number of hydrogen-bond acceptors (Lipinski definition) is 5. The summed E-state index contributed by atoms with van der Waals surface area (Å²) < 4.78 is 9.57. The van der Waals surface area contributed by atoms with Gasteiger partial charge in [-0.15, -0.1) is 0 Å². The molecule has 0 bridgehead atoms. The van der Waals surface area contributed by atoms with E-state index in [0.717, 1.165) is 0 Å². The first-order valence-electron chi connectivity index (χ1n) is 4.75. The van der Waals surface area contributed by atoms with Crippen molar-refractivity contribution in [1.29, 1.82) is 0 Å². The zero-order valence-corrected chi connectivity index (χ0v) is 8.78. The Morgan fingerprint density at radius 3 is 2.67 bits per heavy atom. The summed E-state index contributed by atoms with van der Waals surface area (Å²) in [5.41, 5.74) is 0.176. The van der Waals surface area contributed by atoms with E-state index < -0.39 is 12.1 Å². The monoisotopic (exact) mass is 214 g/mol. The van der Waals surface area contributed by atoms with Crippen molar-refractivity contribution in [3.63, 3.8) is 0 Å². The Hall–Kier alpha value is -1.72. The molecule has 1 heterocycles. The van der Waals surface area contributed by atoms with Crippen molar-refractivity contribution >= 4 is 12.1 Å². The molecule has 1 aliphatic heterocycles. The van der Waals surface area contributed by atoms with E-state index in [1.54, 1.807) is 13.8 Å². The molecule has 1 aliphatic rings. The van der Waals surface area contributed by atoms with E-state index in [-0.39, 0.29) is 25.6 Å². The Labute approximate surface area is 87.8 Å². The molecule has 0 aromatic rings. The summed E-state index contributed by atoms with van der Waals surface area (Å²) in [6.07, 6.45) is 0.886. The van der Waals surface area contributed by atoms with Crippen molar-refractivity contribution in [3.05, 3.63) is 11.9 Å². The van der Waals surface area contributed by atoms with Crippen LogP contribution >= 0.6 is 0 Å². The first-order valence-corrected chi connectivity index (χ1v) is 4.75. The van der Waals surface area contributed by atoms with Crippen LogP contribution in [0.1, 0.15) is 13.8 Å². The minimum atomic E-state index is -0.554. The standard InChI is InChI=1S/C9H14N2O4/c1-3-14-8(12)7-5-10-6-11(7)9(13)15-4-2/h5,10H,3-4,6H2,1-2H3. The molecule has 15 heavy (non-hydrogen) atoms. The molecule has 6 heteroatoms. The average Bonchev–Trinajstić information content (AvgIpc) is 2.66. The van der Waals surface area contributed by atoms with Gasteiger partial charge in [0.25, 0.3) is 0 Å². The van der Waals surface area contributed by atoms with Gasteiger partial charge < -0.3 is 14.8 Å². The minimum absolute atomic E-state index is 0.176. The predicted octanol–water partition coefficient (Wildman–Crippen LogP) is 0.410. The summed E-state index contributed by atoms with van der Waals surface area (Å²) in [6.45, 7) is 4.18. The van der Waals surface area contributed by atoms with Crippen molar-refractivity contribution in [2.75, 3.05) is 19.9 Å². The van der Waals surface area contributed by atoms with Gasteiger partial charge in [-0.2, -0.15) is 0 Å². The van der Waals surface area contributed by atoms with E-state index in [0.29, 0.717) is 0 Å². The van der Waals surface area contributed by atoms with Crippen molar-refractivity contribution in [1.82, 2.24) is 10.2 Å². The number of hydrogen-bond donors (Lipinski definition) is 1. The Morgan fingerprint density at radius 1 is 1.40 bits per heavy atom. The zero-order chi connectivity index (χ0) is 11.3. The first kappa shape index (κ1) is 11.4. The summed E-state index contributed by atoms with van der Waals surface area (Å²) in [7, 11) is 0. The molecule has 0 aliphatic carbocycles. The van der Waals surface area contributed by atoms with Crippen LogP contribution in [0, 0.1) is 0 Å². The molecule has 0 aromatic heterocycles. The molecule has 1 amide bonds. The number of amides is 1. The van der Waals surface area contributed by atoms with Crippen LogP contribution in [0.3, 0.4) is 0 Å². The van der Waals surface area contributed by atoms with E-state index in [4.69, 9.17) is 9.47 Å². The van der Waals surface area contributed by atoms with Gasteiger partial charge >= 0.3 is 12.1 Å². The maximum Gasteiger partial charge on any atom is 0.416 e. The highest BCUT2D eigenvalue weighted by molar-refractivity contribution is 5.92. The fourth-order valence-corrected chi connectivity index (χ4v) is 1.14. The van der Waals surface area contributed by atoms with Gasteiger partial charge in [-0.3, -0.25) is 4.90 Å². The fraction of sp³-hybridized carbons (Fsp3) is 0.556. The van der Waals surface area contributed by atoms with Crippen LogP contribution in [0.2, 0.25) is 0 Å². The first-order chi connectivity index (χ1) is 7.20. The van der Waals surface area contributed by atoms with Crippen LogP contribution in [-0.4, -0.2) is 36.8 Å². The van der Waals surface area contributed by atoms with E-state index in [9.17, 15) is 9.59 Å². The van der Waals surface area contributed by atoms with E-state index >= 15 is 0 Å². The van der Waals surface area contributed by atoms with Gasteiger partial charge in [0.15, 0.2) is 0 Å². The number of carbonyl (C=O) groups excluding carboxylic acids is 2. The molecule has 0 unspecified atom stereocenters. The summed E-state index contributed by atoms with van der Waals surface area (Å²) in [5, 5.41) is 2.76. The highest BCUT2D eigenvalue weighted by Gasteiger charge is 2.28. The number of esters is 1. The Morgan fingerprint density at radius 2 is 2.07 bits per heavy atom. The van der Waals surface area contributed by atoms with Gasteiger partial charge in [-0.1, -0.05) is 0 Å². The zero-order valence-electron chi connectivity index (χ0n) is 8.78. The van der Waals surface area contributed by atoms with Crippen LogP contribution in [0.4, 0.5) is 4.79 Å². The van der Waals surface area contributed by atoms with Gasteiger partial charge in [0.05, 0.1) is 19.9 Å². The molecule has 0 fully saturated rings. The second-order valence-corrected chi connectivity index (χ2v) is 2.74. The lowest BCUT2D eigenvalue weighted by molar-refractivity contribution is -0.140. The number of rotatable bonds is 3. The van der Waals surface area contributed by atoms with Crippen LogP contribution in [0.25, 0.3) is 0 Å². The number of nitrogens with one attached hydrogen (secondary N) is 1. The largest absolute Gasteiger partial charge is 0.461 e. The van der Waals surface area contributed by atoms with Crippen molar-refractivity contribution < 1.29 is 19.1 Å². The highest BCUT2D eigenvalue weighted by atomic mass is 16.6. The van der Waals surface area contributed by atoms with Crippen LogP contribution in [0.15, 0.2) is 11.9 Å². The Balaban J connectivity index is 2.63. The molecule has 0 atom stereocenters. The maximum absolute atomic E-state index is 11.4. The Kier molecular flexibility index (Phi) is 3.96.